The topological polar surface area (TPSA) is 38.3 Å². The Balaban J connectivity index is 2.08. The second kappa shape index (κ2) is 7.58. The van der Waals surface area contributed by atoms with Gasteiger partial charge in [-0.1, -0.05) is 54.4 Å². The number of hydrogen-bond donors (Lipinski definition) is 1. The molecule has 0 aliphatic carbocycles. The van der Waals surface area contributed by atoms with Crippen molar-refractivity contribution >= 4 is 39.1 Å². The van der Waals surface area contributed by atoms with Gasteiger partial charge < -0.3 is 10.1 Å². The number of ether oxygens (including phenoxy) is 1. The van der Waals surface area contributed by atoms with Gasteiger partial charge in [-0.3, -0.25) is 4.79 Å². The van der Waals surface area contributed by atoms with Crippen LogP contribution < -0.4 is 10.1 Å². The molecule has 2 aromatic carbocycles. The molecule has 2 aromatic rings. The largest absolute Gasteiger partial charge is 0.483 e. The number of carbonyl (C=O) groups is 1. The second-order valence-electron chi connectivity index (χ2n) is 6.69. The Morgan fingerprint density at radius 3 is 2.58 bits per heavy atom. The highest BCUT2D eigenvalue weighted by Gasteiger charge is 2.20. The Bertz CT molecular complexity index is 754. The molecule has 1 amide bonds. The molecule has 24 heavy (non-hydrogen) atoms. The third-order valence-electron chi connectivity index (χ3n) is 3.58. The third kappa shape index (κ3) is 4.99. The van der Waals surface area contributed by atoms with Crippen molar-refractivity contribution in [1.82, 2.24) is 0 Å². The van der Waals surface area contributed by atoms with E-state index in [0.717, 1.165) is 15.6 Å². The van der Waals surface area contributed by atoms with Gasteiger partial charge in [-0.25, -0.2) is 0 Å². The van der Waals surface area contributed by atoms with E-state index in [1.54, 1.807) is 12.1 Å². The van der Waals surface area contributed by atoms with Crippen LogP contribution in [0.5, 0.6) is 5.75 Å². The Hall–Kier alpha value is -1.52. The fourth-order valence-electron chi connectivity index (χ4n) is 2.27. The average Bonchev–Trinajstić information content (AvgIpc) is 2.49. The first kappa shape index (κ1) is 18.8. The first-order valence-electron chi connectivity index (χ1n) is 7.65. The van der Waals surface area contributed by atoms with Crippen LogP contribution in [0, 0.1) is 6.92 Å². The molecule has 0 aromatic heterocycles. The van der Waals surface area contributed by atoms with Crippen LogP contribution in [-0.2, 0) is 10.2 Å². The molecule has 0 fully saturated rings. The molecule has 3 nitrogen and oxygen atoms in total. The monoisotopic (exact) mass is 409 g/mol. The molecular formula is C19H21BrClNO2. The molecule has 0 spiro atoms. The smallest absolute Gasteiger partial charge is 0.262 e. The molecular weight excluding hydrogens is 390 g/mol. The summed E-state index contributed by atoms with van der Waals surface area (Å²) in [6, 6.07) is 11.2. The number of anilines is 1. The summed E-state index contributed by atoms with van der Waals surface area (Å²) in [6.07, 6.45) is 0. The standard InChI is InChI=1S/C19H21BrClNO2/c1-12-5-7-14(21)10-16(12)22-18(23)11-24-17-8-6-13(20)9-15(17)19(2,3)4/h5-10H,11H2,1-4H3,(H,22,23). The lowest BCUT2D eigenvalue weighted by molar-refractivity contribution is -0.118. The van der Waals surface area contributed by atoms with Gasteiger partial charge >= 0.3 is 0 Å². The van der Waals surface area contributed by atoms with Crippen molar-refractivity contribution in [2.75, 3.05) is 11.9 Å². The highest BCUT2D eigenvalue weighted by atomic mass is 79.9. The molecule has 0 radical (unpaired) electrons. The number of hydrogen-bond acceptors (Lipinski definition) is 2. The number of nitrogens with one attached hydrogen (secondary N) is 1. The number of halogens is 2. The quantitative estimate of drug-likeness (QED) is 0.699. The lowest BCUT2D eigenvalue weighted by Crippen LogP contribution is -2.22. The molecule has 0 saturated heterocycles. The molecule has 5 heteroatoms. The summed E-state index contributed by atoms with van der Waals surface area (Å²) in [6.45, 7) is 8.18. The highest BCUT2D eigenvalue weighted by Crippen LogP contribution is 2.33. The zero-order chi connectivity index (χ0) is 17.9. The second-order valence-corrected chi connectivity index (χ2v) is 8.04. The van der Waals surface area contributed by atoms with Crippen LogP contribution in [0.2, 0.25) is 5.02 Å². The van der Waals surface area contributed by atoms with Crippen LogP contribution >= 0.6 is 27.5 Å². The van der Waals surface area contributed by atoms with Crippen LogP contribution in [-0.4, -0.2) is 12.5 Å². The average molecular weight is 411 g/mol. The zero-order valence-corrected chi connectivity index (χ0v) is 16.6. The lowest BCUT2D eigenvalue weighted by Gasteiger charge is -2.23. The number of aryl methyl sites for hydroxylation is 1. The molecule has 128 valence electrons. The Morgan fingerprint density at radius 1 is 1.21 bits per heavy atom. The van der Waals surface area contributed by atoms with Crippen molar-refractivity contribution in [3.05, 3.63) is 57.0 Å². The molecule has 0 aliphatic heterocycles. The molecule has 0 bridgehead atoms. The van der Waals surface area contributed by atoms with E-state index in [-0.39, 0.29) is 17.9 Å². The van der Waals surface area contributed by atoms with E-state index in [9.17, 15) is 4.79 Å². The fourth-order valence-corrected chi connectivity index (χ4v) is 2.81. The third-order valence-corrected chi connectivity index (χ3v) is 4.31. The molecule has 0 aliphatic rings. The number of carbonyl (C=O) groups excluding carboxylic acids is 1. The Labute approximate surface area is 156 Å². The van der Waals surface area contributed by atoms with Gasteiger partial charge in [0.1, 0.15) is 5.75 Å². The molecule has 2 rings (SSSR count). The zero-order valence-electron chi connectivity index (χ0n) is 14.2. The van der Waals surface area contributed by atoms with Crippen LogP contribution in [0.3, 0.4) is 0 Å². The molecule has 0 saturated carbocycles. The highest BCUT2D eigenvalue weighted by molar-refractivity contribution is 9.10. The maximum absolute atomic E-state index is 12.2. The van der Waals surface area contributed by atoms with Gasteiger partial charge in [-0.15, -0.1) is 0 Å². The van der Waals surface area contributed by atoms with E-state index in [4.69, 9.17) is 16.3 Å². The molecule has 0 heterocycles. The van der Waals surface area contributed by atoms with Gasteiger partial charge in [-0.05, 0) is 48.2 Å². The maximum Gasteiger partial charge on any atom is 0.262 e. The first-order chi connectivity index (χ1) is 11.2. The predicted octanol–water partition coefficient (Wildman–Crippen LogP) is 5.73. The van der Waals surface area contributed by atoms with Gasteiger partial charge in [0.2, 0.25) is 0 Å². The van der Waals surface area contributed by atoms with E-state index in [0.29, 0.717) is 16.5 Å². The van der Waals surface area contributed by atoms with Crippen molar-refractivity contribution in [2.45, 2.75) is 33.1 Å². The van der Waals surface area contributed by atoms with E-state index < -0.39 is 0 Å². The van der Waals surface area contributed by atoms with Gasteiger partial charge in [-0.2, -0.15) is 0 Å². The predicted molar refractivity (Wildman–Crippen MR) is 103 cm³/mol. The molecule has 0 unspecified atom stereocenters. The molecule has 0 atom stereocenters. The van der Waals surface area contributed by atoms with Crippen molar-refractivity contribution < 1.29 is 9.53 Å². The van der Waals surface area contributed by atoms with Crippen LogP contribution in [0.15, 0.2) is 40.9 Å². The first-order valence-corrected chi connectivity index (χ1v) is 8.83. The Morgan fingerprint density at radius 2 is 1.92 bits per heavy atom. The molecule has 1 N–H and O–H groups in total. The fraction of sp³-hybridized carbons (Fsp3) is 0.316. The number of benzene rings is 2. The minimum atomic E-state index is -0.219. The summed E-state index contributed by atoms with van der Waals surface area (Å²) in [5.74, 6) is 0.492. The van der Waals surface area contributed by atoms with E-state index in [1.165, 1.54) is 0 Å². The number of amides is 1. The van der Waals surface area contributed by atoms with Crippen molar-refractivity contribution in [3.8, 4) is 5.75 Å². The van der Waals surface area contributed by atoms with Crippen molar-refractivity contribution in [2.24, 2.45) is 0 Å². The summed E-state index contributed by atoms with van der Waals surface area (Å²) >= 11 is 9.45. The summed E-state index contributed by atoms with van der Waals surface area (Å²) < 4.78 is 6.74. The minimum absolute atomic E-state index is 0.0589. The maximum atomic E-state index is 12.2. The summed E-state index contributed by atoms with van der Waals surface area (Å²) in [5.41, 5.74) is 2.61. The van der Waals surface area contributed by atoms with E-state index in [1.807, 2.05) is 31.2 Å². The summed E-state index contributed by atoms with van der Waals surface area (Å²) in [5, 5.41) is 3.42. The SMILES string of the molecule is Cc1ccc(Cl)cc1NC(=O)COc1ccc(Br)cc1C(C)(C)C. The van der Waals surface area contributed by atoms with Gasteiger partial charge in [0.25, 0.3) is 5.91 Å². The lowest BCUT2D eigenvalue weighted by atomic mass is 9.86. The van der Waals surface area contributed by atoms with Crippen molar-refractivity contribution in [1.29, 1.82) is 0 Å². The van der Waals surface area contributed by atoms with Gasteiger partial charge in [0, 0.05) is 20.7 Å². The number of rotatable bonds is 4. The van der Waals surface area contributed by atoms with Crippen molar-refractivity contribution in [3.63, 3.8) is 0 Å². The minimum Gasteiger partial charge on any atom is -0.483 e. The normalized spacial score (nSPS) is 11.2. The Kier molecular flexibility index (Phi) is 5.94. The summed E-state index contributed by atoms with van der Waals surface area (Å²) in [4.78, 5) is 12.2. The van der Waals surface area contributed by atoms with Crippen LogP contribution in [0.25, 0.3) is 0 Å². The van der Waals surface area contributed by atoms with Crippen LogP contribution in [0.1, 0.15) is 31.9 Å². The van der Waals surface area contributed by atoms with E-state index in [2.05, 4.69) is 42.0 Å². The van der Waals surface area contributed by atoms with Gasteiger partial charge in [0.05, 0.1) is 0 Å². The van der Waals surface area contributed by atoms with E-state index >= 15 is 0 Å². The van der Waals surface area contributed by atoms with Gasteiger partial charge in [0.15, 0.2) is 6.61 Å². The van der Waals surface area contributed by atoms with Crippen LogP contribution in [0.4, 0.5) is 5.69 Å². The summed E-state index contributed by atoms with van der Waals surface area (Å²) in [7, 11) is 0.